The summed E-state index contributed by atoms with van der Waals surface area (Å²) in [4.78, 5) is 13.2. The maximum absolute atomic E-state index is 11.5. The molecule has 0 aliphatic carbocycles. The van der Waals surface area contributed by atoms with Crippen LogP contribution in [0.25, 0.3) is 0 Å². The summed E-state index contributed by atoms with van der Waals surface area (Å²) in [6.07, 6.45) is 0. The van der Waals surface area contributed by atoms with Crippen LogP contribution < -0.4 is 5.32 Å². The van der Waals surface area contributed by atoms with Crippen LogP contribution in [0.15, 0.2) is 0 Å². The lowest BCUT2D eigenvalue weighted by molar-refractivity contribution is -0.133. The molecule has 17 heavy (non-hydrogen) atoms. The lowest BCUT2D eigenvalue weighted by Crippen LogP contribution is -2.33. The molecule has 0 fully saturated rings. The second kappa shape index (κ2) is 13.5. The third-order valence-corrected chi connectivity index (χ3v) is 2.11. The second-order valence-electron chi connectivity index (χ2n) is 3.88. The molecular weight excluding hydrogens is 216 g/mol. The highest BCUT2D eigenvalue weighted by Gasteiger charge is 2.11. The first-order valence-corrected chi connectivity index (χ1v) is 6.63. The van der Waals surface area contributed by atoms with Crippen molar-refractivity contribution < 1.29 is 9.53 Å². The quantitative estimate of drug-likeness (QED) is 0.663. The molecule has 0 saturated carbocycles. The van der Waals surface area contributed by atoms with E-state index in [1.54, 1.807) is 4.90 Å². The van der Waals surface area contributed by atoms with Gasteiger partial charge in [-0.2, -0.15) is 0 Å². The minimum Gasteiger partial charge on any atom is -0.378 e. The summed E-state index contributed by atoms with van der Waals surface area (Å²) < 4.78 is 5.38. The van der Waals surface area contributed by atoms with E-state index < -0.39 is 0 Å². The highest BCUT2D eigenvalue weighted by Crippen LogP contribution is 1.98. The Morgan fingerprint density at radius 2 is 1.88 bits per heavy atom. The lowest BCUT2D eigenvalue weighted by atomic mass is 10.2. The molecule has 104 valence electrons. The van der Waals surface area contributed by atoms with Gasteiger partial charge in [0.15, 0.2) is 0 Å². The molecule has 0 radical (unpaired) electrons. The van der Waals surface area contributed by atoms with E-state index in [1.165, 1.54) is 0 Å². The number of hydrogen-bond donors (Lipinski definition) is 1. The lowest BCUT2D eigenvalue weighted by Gasteiger charge is -2.19. The van der Waals surface area contributed by atoms with Crippen LogP contribution in [0.3, 0.4) is 0 Å². The Morgan fingerprint density at radius 1 is 1.29 bits per heavy atom. The summed E-state index contributed by atoms with van der Waals surface area (Å²) in [7, 11) is 1.82. The average Bonchev–Trinajstić information content (AvgIpc) is 2.34. The van der Waals surface area contributed by atoms with Gasteiger partial charge in [-0.15, -0.1) is 0 Å². The molecule has 0 aromatic rings. The number of ether oxygens (including phenoxy) is 1. The van der Waals surface area contributed by atoms with Crippen molar-refractivity contribution in [1.82, 2.24) is 10.2 Å². The van der Waals surface area contributed by atoms with E-state index in [1.807, 2.05) is 34.7 Å². The van der Waals surface area contributed by atoms with E-state index in [2.05, 4.69) is 12.2 Å². The molecule has 0 aromatic heterocycles. The molecule has 0 spiro atoms. The van der Waals surface area contributed by atoms with Gasteiger partial charge in [0.1, 0.15) is 0 Å². The molecule has 4 heteroatoms. The standard InChI is InChI=1S/C11H24N2O2.C2H6/c1-5-12-6-8-15-9-7-13(4)11(14)10(2)3;1-2/h10,12H,5-9H2,1-4H3;1-2H3. The van der Waals surface area contributed by atoms with Gasteiger partial charge in [0.25, 0.3) is 0 Å². The number of nitrogens with zero attached hydrogens (tertiary/aromatic N) is 1. The van der Waals surface area contributed by atoms with E-state index in [0.29, 0.717) is 19.8 Å². The van der Waals surface area contributed by atoms with Gasteiger partial charge >= 0.3 is 0 Å². The zero-order chi connectivity index (χ0) is 13.7. The van der Waals surface area contributed by atoms with Crippen molar-refractivity contribution in [2.24, 2.45) is 5.92 Å². The fourth-order valence-corrected chi connectivity index (χ4v) is 1.18. The fourth-order valence-electron chi connectivity index (χ4n) is 1.18. The first kappa shape index (κ1) is 18.7. The van der Waals surface area contributed by atoms with Crippen LogP contribution in [0, 0.1) is 5.92 Å². The molecule has 0 heterocycles. The van der Waals surface area contributed by atoms with Crippen LogP contribution in [0.1, 0.15) is 34.6 Å². The molecule has 4 nitrogen and oxygen atoms in total. The SMILES string of the molecule is CC.CCNCCOCCN(C)C(=O)C(C)C. The van der Waals surface area contributed by atoms with Gasteiger partial charge in [0.2, 0.25) is 5.91 Å². The molecule has 0 aliphatic heterocycles. The highest BCUT2D eigenvalue weighted by atomic mass is 16.5. The summed E-state index contributed by atoms with van der Waals surface area (Å²) in [5.41, 5.74) is 0. The number of carbonyl (C=O) groups excluding carboxylic acids is 1. The fraction of sp³-hybridized carbons (Fsp3) is 0.923. The van der Waals surface area contributed by atoms with Crippen LogP contribution >= 0.6 is 0 Å². The third kappa shape index (κ3) is 11.6. The molecule has 0 rings (SSSR count). The maximum atomic E-state index is 11.5. The van der Waals surface area contributed by atoms with Crippen LogP contribution in [-0.4, -0.2) is 50.7 Å². The summed E-state index contributed by atoms with van der Waals surface area (Å²) in [5, 5.41) is 3.17. The third-order valence-electron chi connectivity index (χ3n) is 2.11. The molecule has 0 aromatic carbocycles. The van der Waals surface area contributed by atoms with Crippen molar-refractivity contribution in [2.75, 3.05) is 39.9 Å². The van der Waals surface area contributed by atoms with E-state index in [4.69, 9.17) is 4.74 Å². The van der Waals surface area contributed by atoms with Gasteiger partial charge in [-0.25, -0.2) is 0 Å². The highest BCUT2D eigenvalue weighted by molar-refractivity contribution is 5.77. The predicted molar refractivity (Wildman–Crippen MR) is 73.2 cm³/mol. The first-order valence-electron chi connectivity index (χ1n) is 6.63. The van der Waals surface area contributed by atoms with Gasteiger partial charge in [-0.05, 0) is 6.54 Å². The smallest absolute Gasteiger partial charge is 0.224 e. The molecule has 0 atom stereocenters. The van der Waals surface area contributed by atoms with Crippen molar-refractivity contribution in [3.63, 3.8) is 0 Å². The predicted octanol–water partition coefficient (Wildman–Crippen LogP) is 1.75. The van der Waals surface area contributed by atoms with E-state index in [-0.39, 0.29) is 11.8 Å². The first-order chi connectivity index (χ1) is 8.09. The second-order valence-corrected chi connectivity index (χ2v) is 3.88. The van der Waals surface area contributed by atoms with Crippen LogP contribution in [0.5, 0.6) is 0 Å². The number of rotatable bonds is 8. The van der Waals surface area contributed by atoms with Crippen LogP contribution in [0.4, 0.5) is 0 Å². The molecule has 0 unspecified atom stereocenters. The molecular formula is C13H30N2O2. The van der Waals surface area contributed by atoms with Gasteiger partial charge in [0, 0.05) is 26.1 Å². The zero-order valence-electron chi connectivity index (χ0n) is 12.4. The van der Waals surface area contributed by atoms with Crippen LogP contribution in [0.2, 0.25) is 0 Å². The summed E-state index contributed by atoms with van der Waals surface area (Å²) >= 11 is 0. The van der Waals surface area contributed by atoms with E-state index >= 15 is 0 Å². The Morgan fingerprint density at radius 3 is 2.35 bits per heavy atom. The molecule has 1 amide bonds. The minimum absolute atomic E-state index is 0.0664. The summed E-state index contributed by atoms with van der Waals surface area (Å²) in [5.74, 6) is 0.238. The van der Waals surface area contributed by atoms with Gasteiger partial charge in [0.05, 0.1) is 13.2 Å². The minimum atomic E-state index is 0.0664. The molecule has 0 aliphatic rings. The van der Waals surface area contributed by atoms with Gasteiger partial charge in [-0.1, -0.05) is 34.6 Å². The van der Waals surface area contributed by atoms with Crippen molar-refractivity contribution in [2.45, 2.75) is 34.6 Å². The number of hydrogen-bond acceptors (Lipinski definition) is 3. The Kier molecular flexibility index (Phi) is 14.8. The van der Waals surface area contributed by atoms with Crippen LogP contribution in [-0.2, 0) is 9.53 Å². The monoisotopic (exact) mass is 246 g/mol. The number of amides is 1. The Balaban J connectivity index is 0. The Labute approximate surface area is 107 Å². The molecule has 0 bridgehead atoms. The van der Waals surface area contributed by atoms with Crippen molar-refractivity contribution in [3.8, 4) is 0 Å². The number of nitrogens with one attached hydrogen (secondary N) is 1. The van der Waals surface area contributed by atoms with E-state index in [0.717, 1.165) is 13.1 Å². The maximum Gasteiger partial charge on any atom is 0.224 e. The summed E-state index contributed by atoms with van der Waals surface area (Å²) in [6, 6.07) is 0. The van der Waals surface area contributed by atoms with E-state index in [9.17, 15) is 4.79 Å². The van der Waals surface area contributed by atoms with Gasteiger partial charge in [-0.3, -0.25) is 4.79 Å². The largest absolute Gasteiger partial charge is 0.378 e. The zero-order valence-corrected chi connectivity index (χ0v) is 12.4. The molecule has 1 N–H and O–H groups in total. The normalized spacial score (nSPS) is 9.82. The Bertz CT molecular complexity index is 173. The topological polar surface area (TPSA) is 41.6 Å². The van der Waals surface area contributed by atoms with Crippen molar-refractivity contribution in [3.05, 3.63) is 0 Å². The van der Waals surface area contributed by atoms with Crippen molar-refractivity contribution >= 4 is 5.91 Å². The number of carbonyl (C=O) groups is 1. The molecule has 0 saturated heterocycles. The average molecular weight is 246 g/mol. The van der Waals surface area contributed by atoms with Crippen molar-refractivity contribution in [1.29, 1.82) is 0 Å². The number of likely N-dealkylation sites (N-methyl/N-ethyl adjacent to an activating group) is 2. The summed E-state index contributed by atoms with van der Waals surface area (Å²) in [6.45, 7) is 13.7. The van der Waals surface area contributed by atoms with Gasteiger partial charge < -0.3 is 15.0 Å². The Hall–Kier alpha value is -0.610.